The van der Waals surface area contributed by atoms with Gasteiger partial charge in [-0.3, -0.25) is 29.5 Å². The van der Waals surface area contributed by atoms with Gasteiger partial charge in [0.2, 0.25) is 0 Å². The third kappa shape index (κ3) is 8.42. The maximum atomic E-state index is 12.4. The molecular formula is C36H22Cl2N8O2. The molecule has 0 saturated carbocycles. The van der Waals surface area contributed by atoms with Crippen LogP contribution in [0.4, 0.5) is 11.4 Å². The van der Waals surface area contributed by atoms with Crippen molar-refractivity contribution in [2.24, 2.45) is 0 Å². The Kier molecular flexibility index (Phi) is 10.8. The summed E-state index contributed by atoms with van der Waals surface area (Å²) in [6.07, 6.45) is 9.91. The summed E-state index contributed by atoms with van der Waals surface area (Å²) >= 11 is 12.1. The molecule has 10 nitrogen and oxygen atoms in total. The molecule has 2 amide bonds. The predicted molar refractivity (Wildman–Crippen MR) is 183 cm³/mol. The van der Waals surface area contributed by atoms with Gasteiger partial charge in [0, 0.05) is 47.8 Å². The highest BCUT2D eigenvalue weighted by atomic mass is 35.5. The fourth-order valence-corrected chi connectivity index (χ4v) is 4.69. The molecule has 12 heteroatoms. The molecule has 4 heterocycles. The Hall–Kier alpha value is -6.46. The van der Waals surface area contributed by atoms with E-state index in [1.165, 1.54) is 24.3 Å². The van der Waals surface area contributed by atoms with Gasteiger partial charge >= 0.3 is 0 Å². The molecule has 0 spiro atoms. The maximum Gasteiger partial charge on any atom is 0.257 e. The van der Waals surface area contributed by atoms with E-state index >= 15 is 0 Å². The Morgan fingerprint density at radius 1 is 0.562 bits per heavy atom. The quantitative estimate of drug-likeness (QED) is 0.182. The van der Waals surface area contributed by atoms with E-state index in [1.807, 2.05) is 36.4 Å². The molecule has 0 unspecified atom stereocenters. The number of halogens is 2. The molecule has 0 bridgehead atoms. The largest absolute Gasteiger partial charge is 0.322 e. The first-order chi connectivity index (χ1) is 23.3. The Bertz CT molecular complexity index is 2170. The minimum Gasteiger partial charge on any atom is -0.322 e. The number of carbonyl (C=O) groups is 2. The number of carbonyl (C=O) groups excluding carboxylic acids is 2. The van der Waals surface area contributed by atoms with E-state index in [0.29, 0.717) is 28.2 Å². The summed E-state index contributed by atoms with van der Waals surface area (Å²) in [4.78, 5) is 41.3. The van der Waals surface area contributed by atoms with Crippen molar-refractivity contribution < 1.29 is 9.59 Å². The third-order valence-corrected chi connectivity index (χ3v) is 7.33. The Balaban J connectivity index is 0.000000188. The van der Waals surface area contributed by atoms with Crippen LogP contribution in [-0.2, 0) is 0 Å². The van der Waals surface area contributed by atoms with Gasteiger partial charge in [-0.25, -0.2) is 0 Å². The number of benzene rings is 2. The maximum absolute atomic E-state index is 12.4. The van der Waals surface area contributed by atoms with E-state index in [2.05, 4.69) is 30.6 Å². The summed E-state index contributed by atoms with van der Waals surface area (Å²) < 4.78 is 0. The van der Waals surface area contributed by atoms with Gasteiger partial charge in [0.25, 0.3) is 11.8 Å². The minimum absolute atomic E-state index is 0.244. The molecule has 2 N–H and O–H groups in total. The summed E-state index contributed by atoms with van der Waals surface area (Å²) in [5, 5.41) is 23.9. The second-order valence-electron chi connectivity index (χ2n) is 9.85. The van der Waals surface area contributed by atoms with Crippen LogP contribution in [0.3, 0.4) is 0 Å². The highest BCUT2D eigenvalue weighted by Crippen LogP contribution is 2.23. The molecule has 232 valence electrons. The number of hydrogen-bond donors (Lipinski definition) is 2. The summed E-state index contributed by atoms with van der Waals surface area (Å²) in [5.74, 6) is -0.778. The second kappa shape index (κ2) is 15.7. The Morgan fingerprint density at radius 2 is 1.08 bits per heavy atom. The van der Waals surface area contributed by atoms with E-state index in [0.717, 1.165) is 16.8 Å². The molecule has 0 fully saturated rings. The van der Waals surface area contributed by atoms with Crippen molar-refractivity contribution in [1.82, 2.24) is 19.9 Å². The highest BCUT2D eigenvalue weighted by molar-refractivity contribution is 6.35. The van der Waals surface area contributed by atoms with Crippen molar-refractivity contribution in [3.05, 3.63) is 154 Å². The fourth-order valence-electron chi connectivity index (χ4n) is 4.28. The molecular weight excluding hydrogens is 647 g/mol. The first-order valence-electron chi connectivity index (χ1n) is 14.1. The van der Waals surface area contributed by atoms with Gasteiger partial charge in [-0.15, -0.1) is 0 Å². The van der Waals surface area contributed by atoms with Gasteiger partial charge in [-0.05, 0) is 84.9 Å². The zero-order valence-corrected chi connectivity index (χ0v) is 26.3. The van der Waals surface area contributed by atoms with Crippen LogP contribution < -0.4 is 10.6 Å². The van der Waals surface area contributed by atoms with Gasteiger partial charge < -0.3 is 10.6 Å². The summed E-state index contributed by atoms with van der Waals surface area (Å²) in [6, 6.07) is 27.4. The number of nitriles is 2. The minimum atomic E-state index is -0.393. The van der Waals surface area contributed by atoms with Crippen molar-refractivity contribution in [3.8, 4) is 34.7 Å². The number of nitrogens with one attached hydrogen (secondary N) is 2. The average Bonchev–Trinajstić information content (AvgIpc) is 3.13. The first kappa shape index (κ1) is 32.9. The smallest absolute Gasteiger partial charge is 0.257 e. The van der Waals surface area contributed by atoms with Crippen molar-refractivity contribution >= 4 is 46.4 Å². The van der Waals surface area contributed by atoms with Crippen LogP contribution in [0.15, 0.2) is 122 Å². The van der Waals surface area contributed by atoms with Crippen LogP contribution >= 0.6 is 23.2 Å². The molecule has 0 radical (unpaired) electrons. The Labute approximate surface area is 285 Å². The van der Waals surface area contributed by atoms with E-state index < -0.39 is 5.91 Å². The number of pyridine rings is 4. The van der Waals surface area contributed by atoms with Crippen LogP contribution in [0.5, 0.6) is 0 Å². The van der Waals surface area contributed by atoms with Crippen LogP contribution in [0.2, 0.25) is 10.0 Å². The molecule has 48 heavy (non-hydrogen) atoms. The third-order valence-electron chi connectivity index (χ3n) is 6.67. The van der Waals surface area contributed by atoms with Crippen molar-refractivity contribution in [3.63, 3.8) is 0 Å². The van der Waals surface area contributed by atoms with E-state index in [-0.39, 0.29) is 27.1 Å². The van der Waals surface area contributed by atoms with E-state index in [9.17, 15) is 9.59 Å². The highest BCUT2D eigenvalue weighted by Gasteiger charge is 2.14. The lowest BCUT2D eigenvalue weighted by molar-refractivity contribution is 0.101. The fraction of sp³-hybridized carbons (Fsp3) is 0. The SMILES string of the molecule is N#Cc1ccc(Cl)c(C(=O)Nc2ccc(-c3ccncc3)nc2)c1.N#Cc1ccc(Cl)c(C(=O)Nc2ccnc(-c3ccncc3)c2)c1. The zero-order chi connectivity index (χ0) is 33.9. The Morgan fingerprint density at radius 3 is 1.58 bits per heavy atom. The van der Waals surface area contributed by atoms with E-state index in [4.69, 9.17) is 33.7 Å². The van der Waals surface area contributed by atoms with Crippen molar-refractivity contribution in [2.45, 2.75) is 0 Å². The standard InChI is InChI=1S/2C18H11ClN4O/c19-16-3-1-12(10-20)9-15(16)18(24)23-14-2-4-17(22-11-14)13-5-7-21-8-6-13;19-16-2-1-12(11-20)9-15(16)18(24)23-14-5-8-22-17(10-14)13-3-6-21-7-4-13/h1-9,11H,(H,23,24);1-10H,(H,22,23,24). The number of rotatable bonds is 6. The number of amides is 2. The number of nitrogens with zero attached hydrogens (tertiary/aromatic N) is 6. The molecule has 6 rings (SSSR count). The van der Waals surface area contributed by atoms with Gasteiger partial charge in [0.1, 0.15) is 0 Å². The molecule has 0 aliphatic rings. The molecule has 6 aromatic rings. The van der Waals surface area contributed by atoms with Crippen LogP contribution in [0.1, 0.15) is 31.8 Å². The number of hydrogen-bond acceptors (Lipinski definition) is 8. The molecule has 0 atom stereocenters. The number of anilines is 2. The molecule has 0 saturated heterocycles. The monoisotopic (exact) mass is 668 g/mol. The normalized spacial score (nSPS) is 10.0. The molecule has 0 aliphatic carbocycles. The average molecular weight is 670 g/mol. The van der Waals surface area contributed by atoms with Crippen LogP contribution in [-0.4, -0.2) is 31.8 Å². The predicted octanol–water partition coefficient (Wildman–Crippen LogP) is 7.84. The van der Waals surface area contributed by atoms with Gasteiger partial charge in [0.15, 0.2) is 0 Å². The second-order valence-corrected chi connectivity index (χ2v) is 10.7. The molecule has 0 aliphatic heterocycles. The molecule has 2 aromatic carbocycles. The van der Waals surface area contributed by atoms with Crippen LogP contribution in [0, 0.1) is 22.7 Å². The van der Waals surface area contributed by atoms with Gasteiger partial charge in [-0.1, -0.05) is 23.2 Å². The first-order valence-corrected chi connectivity index (χ1v) is 14.8. The van der Waals surface area contributed by atoms with Crippen molar-refractivity contribution in [2.75, 3.05) is 10.6 Å². The zero-order valence-electron chi connectivity index (χ0n) is 24.8. The molecule has 4 aromatic heterocycles. The lowest BCUT2D eigenvalue weighted by Gasteiger charge is -2.08. The van der Waals surface area contributed by atoms with Gasteiger partial charge in [-0.2, -0.15) is 10.5 Å². The summed E-state index contributed by atoms with van der Waals surface area (Å²) in [6.45, 7) is 0. The van der Waals surface area contributed by atoms with E-state index in [1.54, 1.807) is 73.6 Å². The number of aromatic nitrogens is 4. The van der Waals surface area contributed by atoms with Crippen LogP contribution in [0.25, 0.3) is 22.5 Å². The summed E-state index contributed by atoms with van der Waals surface area (Å²) in [7, 11) is 0. The van der Waals surface area contributed by atoms with Gasteiger partial charge in [0.05, 0.1) is 67.7 Å². The van der Waals surface area contributed by atoms with Crippen molar-refractivity contribution in [1.29, 1.82) is 10.5 Å². The lowest BCUT2D eigenvalue weighted by Crippen LogP contribution is -2.13. The topological polar surface area (TPSA) is 157 Å². The summed E-state index contributed by atoms with van der Waals surface area (Å²) in [5.41, 5.74) is 5.68. The lowest BCUT2D eigenvalue weighted by atomic mass is 10.1.